The number of nitrogens with one attached hydrogen (secondary N) is 1. The van der Waals surface area contributed by atoms with Crippen LogP contribution in [0.1, 0.15) is 32.3 Å². The molecule has 1 N–H and O–H groups in total. The van der Waals surface area contributed by atoms with E-state index in [1.165, 1.54) is 5.56 Å². The third-order valence-electron chi connectivity index (χ3n) is 3.14. The number of likely N-dealkylation sites (N-methyl/N-ethyl adjacent to an activating group) is 1. The number of aromatic nitrogens is 1. The van der Waals surface area contributed by atoms with Crippen molar-refractivity contribution in [2.24, 2.45) is 0 Å². The Bertz CT molecular complexity index is 252. The third-order valence-corrected chi connectivity index (χ3v) is 3.14. The Morgan fingerprint density at radius 1 is 1.36 bits per heavy atom. The summed E-state index contributed by atoms with van der Waals surface area (Å²) in [5.41, 5.74) is 1.60. The molecule has 2 nitrogen and oxygen atoms in total. The normalized spacial score (nSPS) is 11.6. The molecule has 14 heavy (non-hydrogen) atoms. The highest BCUT2D eigenvalue weighted by atomic mass is 14.8. The van der Waals surface area contributed by atoms with Gasteiger partial charge in [-0.05, 0) is 31.5 Å². The minimum Gasteiger partial charge on any atom is -0.319 e. The van der Waals surface area contributed by atoms with Crippen LogP contribution in [-0.4, -0.2) is 18.6 Å². The van der Waals surface area contributed by atoms with Gasteiger partial charge in [0, 0.05) is 24.4 Å². The zero-order valence-electron chi connectivity index (χ0n) is 9.38. The highest BCUT2D eigenvalue weighted by Crippen LogP contribution is 2.30. The van der Waals surface area contributed by atoms with Crippen LogP contribution in [0.2, 0.25) is 0 Å². The van der Waals surface area contributed by atoms with E-state index in [2.05, 4.69) is 30.2 Å². The number of hydrogen-bond donors (Lipinski definition) is 1. The average molecular weight is 192 g/mol. The van der Waals surface area contributed by atoms with E-state index in [9.17, 15) is 0 Å². The van der Waals surface area contributed by atoms with Crippen molar-refractivity contribution in [1.82, 2.24) is 10.3 Å². The fourth-order valence-electron chi connectivity index (χ4n) is 2.03. The standard InChI is InChI=1S/C12H20N2/c1-4-12(5-2,10-13-3)11-7-6-8-14-9-11/h6-9,13H,4-5,10H2,1-3H3. The van der Waals surface area contributed by atoms with Crippen LogP contribution in [0, 0.1) is 0 Å². The van der Waals surface area contributed by atoms with Crippen molar-refractivity contribution in [3.05, 3.63) is 30.1 Å². The predicted molar refractivity (Wildman–Crippen MR) is 60.4 cm³/mol. The van der Waals surface area contributed by atoms with E-state index in [0.29, 0.717) is 0 Å². The lowest BCUT2D eigenvalue weighted by Crippen LogP contribution is -2.35. The Balaban J connectivity index is 2.98. The van der Waals surface area contributed by atoms with Crippen LogP contribution >= 0.6 is 0 Å². The molecular weight excluding hydrogens is 172 g/mol. The number of nitrogens with zero attached hydrogens (tertiary/aromatic N) is 1. The molecule has 2 heteroatoms. The van der Waals surface area contributed by atoms with Gasteiger partial charge < -0.3 is 5.32 Å². The van der Waals surface area contributed by atoms with Crippen molar-refractivity contribution in [2.45, 2.75) is 32.1 Å². The van der Waals surface area contributed by atoms with Crippen molar-refractivity contribution in [1.29, 1.82) is 0 Å². The van der Waals surface area contributed by atoms with Gasteiger partial charge in [0.25, 0.3) is 0 Å². The summed E-state index contributed by atoms with van der Waals surface area (Å²) in [5, 5.41) is 3.28. The Hall–Kier alpha value is -0.890. The van der Waals surface area contributed by atoms with E-state index in [0.717, 1.165) is 19.4 Å². The van der Waals surface area contributed by atoms with Crippen molar-refractivity contribution < 1.29 is 0 Å². The molecule has 0 fully saturated rings. The Kier molecular flexibility index (Phi) is 4.08. The molecule has 0 aliphatic heterocycles. The summed E-state index contributed by atoms with van der Waals surface area (Å²) in [6.45, 7) is 5.51. The number of rotatable bonds is 5. The van der Waals surface area contributed by atoms with E-state index in [1.54, 1.807) is 0 Å². The van der Waals surface area contributed by atoms with E-state index in [1.807, 2.05) is 25.5 Å². The zero-order valence-corrected chi connectivity index (χ0v) is 9.38. The molecule has 0 bridgehead atoms. The molecule has 1 rings (SSSR count). The first-order valence-electron chi connectivity index (χ1n) is 5.34. The summed E-state index contributed by atoms with van der Waals surface area (Å²) in [6.07, 6.45) is 6.12. The maximum atomic E-state index is 4.20. The second-order valence-corrected chi connectivity index (χ2v) is 3.76. The van der Waals surface area contributed by atoms with Crippen LogP contribution in [-0.2, 0) is 5.41 Å². The summed E-state index contributed by atoms with van der Waals surface area (Å²) >= 11 is 0. The van der Waals surface area contributed by atoms with Gasteiger partial charge >= 0.3 is 0 Å². The van der Waals surface area contributed by atoms with Gasteiger partial charge in [0.1, 0.15) is 0 Å². The molecule has 0 radical (unpaired) electrons. The first kappa shape index (κ1) is 11.2. The average Bonchev–Trinajstić information content (AvgIpc) is 2.27. The smallest absolute Gasteiger partial charge is 0.0306 e. The van der Waals surface area contributed by atoms with Crippen LogP contribution in [0.5, 0.6) is 0 Å². The topological polar surface area (TPSA) is 24.9 Å². The highest BCUT2D eigenvalue weighted by molar-refractivity contribution is 5.22. The predicted octanol–water partition coefficient (Wildman–Crippen LogP) is 2.36. The Labute approximate surface area is 86.8 Å². The fraction of sp³-hybridized carbons (Fsp3) is 0.583. The van der Waals surface area contributed by atoms with Crippen molar-refractivity contribution in [2.75, 3.05) is 13.6 Å². The summed E-state index contributed by atoms with van der Waals surface area (Å²) in [6, 6.07) is 4.20. The molecule has 0 aliphatic rings. The maximum Gasteiger partial charge on any atom is 0.0306 e. The molecule has 0 atom stereocenters. The van der Waals surface area contributed by atoms with Gasteiger partial charge in [-0.1, -0.05) is 19.9 Å². The SMILES string of the molecule is CCC(CC)(CNC)c1cccnc1. The largest absolute Gasteiger partial charge is 0.319 e. The van der Waals surface area contributed by atoms with Gasteiger partial charge in [-0.15, -0.1) is 0 Å². The van der Waals surface area contributed by atoms with E-state index >= 15 is 0 Å². The highest BCUT2D eigenvalue weighted by Gasteiger charge is 2.27. The molecule has 1 aromatic rings. The van der Waals surface area contributed by atoms with Crippen LogP contribution in [0.25, 0.3) is 0 Å². The molecule has 0 aliphatic carbocycles. The van der Waals surface area contributed by atoms with Gasteiger partial charge in [-0.25, -0.2) is 0 Å². The molecule has 0 amide bonds. The molecule has 0 spiro atoms. The van der Waals surface area contributed by atoms with E-state index < -0.39 is 0 Å². The van der Waals surface area contributed by atoms with Gasteiger partial charge in [0.15, 0.2) is 0 Å². The quantitative estimate of drug-likeness (QED) is 0.774. The molecule has 1 aromatic heterocycles. The zero-order chi connectivity index (χ0) is 10.4. The first-order valence-corrected chi connectivity index (χ1v) is 5.34. The van der Waals surface area contributed by atoms with Crippen LogP contribution in [0.4, 0.5) is 0 Å². The van der Waals surface area contributed by atoms with Crippen LogP contribution in [0.3, 0.4) is 0 Å². The van der Waals surface area contributed by atoms with Crippen LogP contribution in [0.15, 0.2) is 24.5 Å². The van der Waals surface area contributed by atoms with Gasteiger partial charge in [0.2, 0.25) is 0 Å². The lowest BCUT2D eigenvalue weighted by Gasteiger charge is -2.31. The molecule has 0 saturated carbocycles. The Morgan fingerprint density at radius 2 is 2.07 bits per heavy atom. The number of hydrogen-bond acceptors (Lipinski definition) is 2. The number of pyridine rings is 1. The molecule has 1 heterocycles. The molecule has 0 saturated heterocycles. The summed E-state index contributed by atoms with van der Waals surface area (Å²) in [5.74, 6) is 0. The van der Waals surface area contributed by atoms with E-state index in [-0.39, 0.29) is 5.41 Å². The third kappa shape index (κ3) is 2.13. The van der Waals surface area contributed by atoms with Gasteiger partial charge in [-0.2, -0.15) is 0 Å². The lowest BCUT2D eigenvalue weighted by molar-refractivity contribution is 0.379. The summed E-state index contributed by atoms with van der Waals surface area (Å²) in [7, 11) is 2.01. The van der Waals surface area contributed by atoms with Crippen molar-refractivity contribution in [3.8, 4) is 0 Å². The monoisotopic (exact) mass is 192 g/mol. The van der Waals surface area contributed by atoms with Crippen molar-refractivity contribution in [3.63, 3.8) is 0 Å². The van der Waals surface area contributed by atoms with Gasteiger partial charge in [0.05, 0.1) is 0 Å². The fourth-order valence-corrected chi connectivity index (χ4v) is 2.03. The Morgan fingerprint density at radius 3 is 2.50 bits per heavy atom. The summed E-state index contributed by atoms with van der Waals surface area (Å²) in [4.78, 5) is 4.20. The van der Waals surface area contributed by atoms with Crippen molar-refractivity contribution >= 4 is 0 Å². The molecular formula is C12H20N2. The molecule has 78 valence electrons. The minimum atomic E-state index is 0.253. The molecule has 0 unspecified atom stereocenters. The van der Waals surface area contributed by atoms with Gasteiger partial charge in [-0.3, -0.25) is 4.98 Å². The lowest BCUT2D eigenvalue weighted by atomic mass is 9.76. The summed E-state index contributed by atoms with van der Waals surface area (Å²) < 4.78 is 0. The second kappa shape index (κ2) is 5.11. The molecule has 0 aromatic carbocycles. The van der Waals surface area contributed by atoms with Crippen LogP contribution < -0.4 is 5.32 Å². The minimum absolute atomic E-state index is 0.253. The maximum absolute atomic E-state index is 4.20. The first-order chi connectivity index (χ1) is 6.79. The van der Waals surface area contributed by atoms with E-state index in [4.69, 9.17) is 0 Å². The second-order valence-electron chi connectivity index (χ2n) is 3.76.